The Morgan fingerprint density at radius 2 is 2.17 bits per heavy atom. The van der Waals surface area contributed by atoms with Crippen molar-refractivity contribution in [2.24, 2.45) is 0 Å². The maximum atomic E-state index is 5.48. The Hall–Kier alpha value is -1.52. The molecule has 0 bridgehead atoms. The van der Waals surface area contributed by atoms with Gasteiger partial charge in [0.15, 0.2) is 11.6 Å². The van der Waals surface area contributed by atoms with Crippen molar-refractivity contribution in [2.45, 2.75) is 38.6 Å². The summed E-state index contributed by atoms with van der Waals surface area (Å²) in [4.78, 5) is 11.0. The summed E-state index contributed by atoms with van der Waals surface area (Å²) in [5.41, 5.74) is 0. The van der Waals surface area contributed by atoms with Crippen LogP contribution in [0.3, 0.4) is 0 Å². The Labute approximate surface area is 109 Å². The molecule has 0 radical (unpaired) electrons. The van der Waals surface area contributed by atoms with Crippen LogP contribution < -0.4 is 15.0 Å². The van der Waals surface area contributed by atoms with Crippen LogP contribution in [0.5, 0.6) is 5.75 Å². The molecule has 1 unspecified atom stereocenters. The Kier molecular flexibility index (Phi) is 4.23. The summed E-state index contributed by atoms with van der Waals surface area (Å²) in [6.45, 7) is 3.30. The highest BCUT2D eigenvalue weighted by Crippen LogP contribution is 2.34. The van der Waals surface area contributed by atoms with Gasteiger partial charge in [0.1, 0.15) is 6.33 Å². The fourth-order valence-electron chi connectivity index (χ4n) is 2.52. The van der Waals surface area contributed by atoms with Crippen LogP contribution in [0.15, 0.2) is 6.33 Å². The van der Waals surface area contributed by atoms with Crippen molar-refractivity contribution >= 4 is 11.6 Å². The molecule has 1 aromatic rings. The maximum absolute atomic E-state index is 5.48. The Morgan fingerprint density at radius 3 is 2.89 bits per heavy atom. The minimum absolute atomic E-state index is 0.501. The van der Waals surface area contributed by atoms with E-state index in [0.717, 1.165) is 23.9 Å². The summed E-state index contributed by atoms with van der Waals surface area (Å²) < 4.78 is 5.48. The molecule has 1 N–H and O–H groups in total. The van der Waals surface area contributed by atoms with E-state index in [1.165, 1.54) is 25.7 Å². The molecule has 100 valence electrons. The second-order valence-corrected chi connectivity index (χ2v) is 4.72. The van der Waals surface area contributed by atoms with Crippen LogP contribution >= 0.6 is 0 Å². The van der Waals surface area contributed by atoms with E-state index in [4.69, 9.17) is 4.74 Å². The normalized spacial score (nSPS) is 20.4. The van der Waals surface area contributed by atoms with Gasteiger partial charge in [0.25, 0.3) is 0 Å². The van der Waals surface area contributed by atoms with Gasteiger partial charge in [0.05, 0.1) is 7.11 Å². The molecule has 1 fully saturated rings. The predicted octanol–water partition coefficient (Wildman–Crippen LogP) is 2.30. The molecular weight excluding hydrogens is 228 g/mol. The molecule has 1 aliphatic rings. The molecule has 0 spiro atoms. The summed E-state index contributed by atoms with van der Waals surface area (Å²) in [6.07, 6.45) is 6.62. The zero-order valence-electron chi connectivity index (χ0n) is 11.4. The number of nitrogens with zero attached hydrogens (tertiary/aromatic N) is 3. The molecule has 5 heteroatoms. The molecule has 18 heavy (non-hydrogen) atoms. The molecule has 0 aliphatic carbocycles. The molecule has 0 amide bonds. The number of ether oxygens (including phenoxy) is 1. The van der Waals surface area contributed by atoms with Gasteiger partial charge in [0, 0.05) is 19.6 Å². The van der Waals surface area contributed by atoms with Gasteiger partial charge in [-0.3, -0.25) is 0 Å². The first kappa shape index (κ1) is 12.9. The van der Waals surface area contributed by atoms with E-state index in [0.29, 0.717) is 6.04 Å². The Balaban J connectivity index is 2.36. The van der Waals surface area contributed by atoms with Crippen LogP contribution in [-0.2, 0) is 0 Å². The van der Waals surface area contributed by atoms with Gasteiger partial charge >= 0.3 is 0 Å². The molecular formula is C13H22N4O. The van der Waals surface area contributed by atoms with Crippen LogP contribution in [0.1, 0.15) is 32.6 Å². The van der Waals surface area contributed by atoms with Crippen LogP contribution in [0.2, 0.25) is 0 Å². The van der Waals surface area contributed by atoms with Gasteiger partial charge in [-0.05, 0) is 19.8 Å². The van der Waals surface area contributed by atoms with Crippen molar-refractivity contribution in [3.05, 3.63) is 6.33 Å². The highest BCUT2D eigenvalue weighted by atomic mass is 16.5. The average molecular weight is 250 g/mol. The van der Waals surface area contributed by atoms with Crippen LogP contribution in [-0.4, -0.2) is 36.7 Å². The van der Waals surface area contributed by atoms with Crippen molar-refractivity contribution in [3.63, 3.8) is 0 Å². The molecule has 1 atom stereocenters. The fourth-order valence-corrected chi connectivity index (χ4v) is 2.52. The zero-order chi connectivity index (χ0) is 13.0. The van der Waals surface area contributed by atoms with E-state index in [1.807, 2.05) is 7.05 Å². The van der Waals surface area contributed by atoms with E-state index in [9.17, 15) is 0 Å². The molecule has 0 aromatic carbocycles. The number of hydrogen-bond acceptors (Lipinski definition) is 5. The summed E-state index contributed by atoms with van der Waals surface area (Å²) in [7, 11) is 3.52. The maximum Gasteiger partial charge on any atom is 0.204 e. The summed E-state index contributed by atoms with van der Waals surface area (Å²) >= 11 is 0. The number of aromatic nitrogens is 2. The van der Waals surface area contributed by atoms with Crippen molar-refractivity contribution in [1.82, 2.24) is 9.97 Å². The third-order valence-corrected chi connectivity index (χ3v) is 3.55. The lowest BCUT2D eigenvalue weighted by Crippen LogP contribution is -2.33. The van der Waals surface area contributed by atoms with Crippen molar-refractivity contribution in [2.75, 3.05) is 30.9 Å². The van der Waals surface area contributed by atoms with E-state index in [2.05, 4.69) is 27.1 Å². The lowest BCUT2D eigenvalue weighted by molar-refractivity contribution is 0.410. The summed E-state index contributed by atoms with van der Waals surface area (Å²) in [5, 5.41) is 3.05. The lowest BCUT2D eigenvalue weighted by Gasteiger charge is -2.29. The number of anilines is 2. The molecule has 1 aliphatic heterocycles. The van der Waals surface area contributed by atoms with Crippen LogP contribution in [0, 0.1) is 0 Å². The molecule has 5 nitrogen and oxygen atoms in total. The summed E-state index contributed by atoms with van der Waals surface area (Å²) in [6, 6.07) is 0.501. The monoisotopic (exact) mass is 250 g/mol. The zero-order valence-corrected chi connectivity index (χ0v) is 11.4. The van der Waals surface area contributed by atoms with Gasteiger partial charge in [-0.2, -0.15) is 0 Å². The highest BCUT2D eigenvalue weighted by Gasteiger charge is 2.23. The first-order valence-corrected chi connectivity index (χ1v) is 6.61. The average Bonchev–Trinajstić information content (AvgIpc) is 2.62. The first-order chi connectivity index (χ1) is 8.77. The van der Waals surface area contributed by atoms with E-state index in [-0.39, 0.29) is 0 Å². The topological polar surface area (TPSA) is 50.3 Å². The van der Waals surface area contributed by atoms with E-state index in [1.54, 1.807) is 13.4 Å². The largest absolute Gasteiger partial charge is 0.490 e. The number of rotatable bonds is 3. The van der Waals surface area contributed by atoms with Gasteiger partial charge in [-0.1, -0.05) is 12.8 Å². The van der Waals surface area contributed by atoms with Crippen LogP contribution in [0.25, 0.3) is 0 Å². The minimum Gasteiger partial charge on any atom is -0.490 e. The summed E-state index contributed by atoms with van der Waals surface area (Å²) in [5.74, 6) is 2.40. The fraction of sp³-hybridized carbons (Fsp3) is 0.692. The van der Waals surface area contributed by atoms with Crippen molar-refractivity contribution in [3.8, 4) is 5.75 Å². The van der Waals surface area contributed by atoms with Crippen molar-refractivity contribution < 1.29 is 4.74 Å². The Bertz CT molecular complexity index is 397. The third-order valence-electron chi connectivity index (χ3n) is 3.55. The molecule has 1 saturated heterocycles. The number of methoxy groups -OCH3 is 1. The standard InChI is InChI=1S/C13H22N4O/c1-10-7-5-4-6-8-17(10)13-11(18-3)12(14-2)15-9-16-13/h9-10H,4-8H2,1-3H3,(H,14,15,16). The molecule has 1 aromatic heterocycles. The predicted molar refractivity (Wildman–Crippen MR) is 73.4 cm³/mol. The minimum atomic E-state index is 0.501. The molecule has 2 rings (SSSR count). The second kappa shape index (κ2) is 5.89. The van der Waals surface area contributed by atoms with Gasteiger partial charge in [0.2, 0.25) is 5.75 Å². The highest BCUT2D eigenvalue weighted by molar-refractivity contribution is 5.64. The Morgan fingerprint density at radius 1 is 1.33 bits per heavy atom. The van der Waals surface area contributed by atoms with Gasteiger partial charge in [-0.15, -0.1) is 0 Å². The van der Waals surface area contributed by atoms with E-state index < -0.39 is 0 Å². The lowest BCUT2D eigenvalue weighted by atomic mass is 10.1. The van der Waals surface area contributed by atoms with Gasteiger partial charge < -0.3 is 15.0 Å². The molecule has 2 heterocycles. The smallest absolute Gasteiger partial charge is 0.204 e. The quantitative estimate of drug-likeness (QED) is 0.892. The first-order valence-electron chi connectivity index (χ1n) is 6.61. The number of nitrogens with one attached hydrogen (secondary N) is 1. The SMILES string of the molecule is CNc1ncnc(N2CCCCCC2C)c1OC. The van der Waals surface area contributed by atoms with E-state index >= 15 is 0 Å². The molecule has 0 saturated carbocycles. The van der Waals surface area contributed by atoms with Crippen LogP contribution in [0.4, 0.5) is 11.6 Å². The second-order valence-electron chi connectivity index (χ2n) is 4.72. The van der Waals surface area contributed by atoms with Gasteiger partial charge in [-0.25, -0.2) is 9.97 Å². The third kappa shape index (κ3) is 2.49. The number of hydrogen-bond donors (Lipinski definition) is 1. The van der Waals surface area contributed by atoms with Crippen molar-refractivity contribution in [1.29, 1.82) is 0 Å².